The van der Waals surface area contributed by atoms with E-state index < -0.39 is 19.9 Å². The molecule has 1 aliphatic heterocycles. The Morgan fingerprint density at radius 2 is 2.05 bits per heavy atom. The minimum atomic E-state index is -3.84. The lowest BCUT2D eigenvalue weighted by Crippen LogP contribution is -2.30. The maximum Gasteiger partial charge on any atom is 0.242 e. The molecule has 1 atom stereocenters. The Kier molecular flexibility index (Phi) is 4.94. The van der Waals surface area contributed by atoms with E-state index in [9.17, 15) is 16.8 Å². The summed E-state index contributed by atoms with van der Waals surface area (Å²) in [6.07, 6.45) is 1.92. The summed E-state index contributed by atoms with van der Waals surface area (Å²) in [6, 6.07) is 3.66. The first kappa shape index (κ1) is 16.7. The van der Waals surface area contributed by atoms with Crippen molar-refractivity contribution >= 4 is 31.5 Å². The maximum atomic E-state index is 12.3. The Bertz CT molecular complexity index is 726. The predicted molar refractivity (Wildman–Crippen MR) is 80.7 cm³/mol. The second-order valence-corrected chi connectivity index (χ2v) is 9.23. The molecule has 1 aromatic rings. The van der Waals surface area contributed by atoms with Gasteiger partial charge in [0.15, 0.2) is 9.84 Å². The SMILES string of the molecule is CS(=O)(=O)c1ccc(Cl)c(S(=O)(=O)NCC2CCNC2)c1. The lowest BCUT2D eigenvalue weighted by atomic mass is 10.1. The molecule has 0 saturated carbocycles. The molecule has 6 nitrogen and oxygen atoms in total. The van der Waals surface area contributed by atoms with Gasteiger partial charge in [-0.2, -0.15) is 0 Å². The van der Waals surface area contributed by atoms with Crippen molar-refractivity contribution < 1.29 is 16.8 Å². The summed E-state index contributed by atoms with van der Waals surface area (Å²) in [5.41, 5.74) is 0. The molecule has 0 bridgehead atoms. The molecule has 2 rings (SSSR count). The van der Waals surface area contributed by atoms with Crippen molar-refractivity contribution in [3.05, 3.63) is 23.2 Å². The molecule has 1 fully saturated rings. The molecule has 1 unspecified atom stereocenters. The summed E-state index contributed by atoms with van der Waals surface area (Å²) in [4.78, 5) is -0.284. The fraction of sp³-hybridized carbons (Fsp3) is 0.500. The average Bonchev–Trinajstić information content (AvgIpc) is 2.88. The van der Waals surface area contributed by atoms with Crippen LogP contribution in [0.1, 0.15) is 6.42 Å². The third-order valence-corrected chi connectivity index (χ3v) is 6.36. The molecule has 1 heterocycles. The monoisotopic (exact) mass is 352 g/mol. The fourth-order valence-electron chi connectivity index (χ4n) is 2.11. The molecule has 1 aromatic carbocycles. The van der Waals surface area contributed by atoms with E-state index in [1.54, 1.807) is 0 Å². The number of sulfonamides is 1. The third kappa shape index (κ3) is 4.17. The lowest BCUT2D eigenvalue weighted by Gasteiger charge is -2.12. The minimum Gasteiger partial charge on any atom is -0.316 e. The van der Waals surface area contributed by atoms with E-state index in [0.717, 1.165) is 31.8 Å². The minimum absolute atomic E-state index is 0.000512. The van der Waals surface area contributed by atoms with E-state index in [-0.39, 0.29) is 20.7 Å². The molecule has 1 aliphatic rings. The number of rotatable bonds is 5. The summed E-state index contributed by atoms with van der Waals surface area (Å²) < 4.78 is 50.1. The van der Waals surface area contributed by atoms with E-state index in [1.165, 1.54) is 12.1 Å². The molecule has 0 spiro atoms. The fourth-order valence-corrected chi connectivity index (χ4v) is 4.48. The summed E-state index contributed by atoms with van der Waals surface area (Å²) in [5.74, 6) is 0.233. The first-order valence-corrected chi connectivity index (χ1v) is 10.2. The van der Waals surface area contributed by atoms with E-state index >= 15 is 0 Å². The van der Waals surface area contributed by atoms with Crippen LogP contribution in [-0.4, -0.2) is 42.7 Å². The van der Waals surface area contributed by atoms with Crippen LogP contribution in [0.2, 0.25) is 5.02 Å². The van der Waals surface area contributed by atoms with Gasteiger partial charge in [-0.15, -0.1) is 0 Å². The van der Waals surface area contributed by atoms with Gasteiger partial charge < -0.3 is 5.32 Å². The van der Waals surface area contributed by atoms with Gasteiger partial charge in [0.1, 0.15) is 4.90 Å². The Balaban J connectivity index is 2.26. The van der Waals surface area contributed by atoms with Crippen molar-refractivity contribution in [2.24, 2.45) is 5.92 Å². The molecule has 2 N–H and O–H groups in total. The Morgan fingerprint density at radius 1 is 1.33 bits per heavy atom. The van der Waals surface area contributed by atoms with E-state index in [1.807, 2.05) is 0 Å². The standard InChI is InChI=1S/C12H17ClN2O4S2/c1-20(16,17)10-2-3-11(13)12(6-10)21(18,19)15-8-9-4-5-14-7-9/h2-3,6,9,14-15H,4-5,7-8H2,1H3. The quantitative estimate of drug-likeness (QED) is 0.811. The lowest BCUT2D eigenvalue weighted by molar-refractivity contribution is 0.538. The zero-order chi connectivity index (χ0) is 15.7. The number of hydrogen-bond acceptors (Lipinski definition) is 5. The molecule has 9 heteroatoms. The highest BCUT2D eigenvalue weighted by atomic mass is 35.5. The zero-order valence-electron chi connectivity index (χ0n) is 11.5. The van der Waals surface area contributed by atoms with Gasteiger partial charge >= 0.3 is 0 Å². The molecule has 0 amide bonds. The van der Waals surface area contributed by atoms with Crippen molar-refractivity contribution in [2.45, 2.75) is 16.2 Å². The van der Waals surface area contributed by atoms with Crippen LogP contribution in [0.5, 0.6) is 0 Å². The molecular formula is C12H17ClN2O4S2. The average molecular weight is 353 g/mol. The molecule has 0 aromatic heterocycles. The van der Waals surface area contributed by atoms with E-state index in [0.29, 0.717) is 6.54 Å². The van der Waals surface area contributed by atoms with Crippen molar-refractivity contribution in [2.75, 3.05) is 25.9 Å². The van der Waals surface area contributed by atoms with Crippen LogP contribution in [0.15, 0.2) is 28.0 Å². The van der Waals surface area contributed by atoms with E-state index in [4.69, 9.17) is 11.6 Å². The van der Waals surface area contributed by atoms with Gasteiger partial charge in [0.05, 0.1) is 9.92 Å². The van der Waals surface area contributed by atoms with Crippen LogP contribution < -0.4 is 10.0 Å². The summed E-state index contributed by atoms with van der Waals surface area (Å²) >= 11 is 5.90. The third-order valence-electron chi connectivity index (χ3n) is 3.34. The second kappa shape index (κ2) is 6.21. The van der Waals surface area contributed by atoms with Gasteiger partial charge in [-0.3, -0.25) is 0 Å². The Morgan fingerprint density at radius 3 is 2.62 bits per heavy atom. The van der Waals surface area contributed by atoms with Crippen LogP contribution in [0.3, 0.4) is 0 Å². The van der Waals surface area contributed by atoms with E-state index in [2.05, 4.69) is 10.0 Å². The number of sulfone groups is 1. The Hall–Kier alpha value is -0.670. The molecule has 0 radical (unpaired) electrons. The van der Waals surface area contributed by atoms with Gasteiger partial charge in [0.25, 0.3) is 0 Å². The van der Waals surface area contributed by atoms with Crippen LogP contribution in [0.25, 0.3) is 0 Å². The normalized spacial score (nSPS) is 19.8. The number of nitrogens with one attached hydrogen (secondary N) is 2. The zero-order valence-corrected chi connectivity index (χ0v) is 13.9. The van der Waals surface area contributed by atoms with Crippen LogP contribution in [0.4, 0.5) is 0 Å². The van der Waals surface area contributed by atoms with Crippen molar-refractivity contribution in [1.29, 1.82) is 0 Å². The maximum absolute atomic E-state index is 12.3. The second-order valence-electron chi connectivity index (χ2n) is 5.08. The van der Waals surface area contributed by atoms with Crippen LogP contribution in [0, 0.1) is 5.92 Å². The van der Waals surface area contributed by atoms with Gasteiger partial charge in [0.2, 0.25) is 10.0 Å². The number of benzene rings is 1. The van der Waals surface area contributed by atoms with Gasteiger partial charge in [-0.25, -0.2) is 21.6 Å². The number of hydrogen-bond donors (Lipinski definition) is 2. The van der Waals surface area contributed by atoms with Gasteiger partial charge in [-0.1, -0.05) is 11.6 Å². The number of halogens is 1. The first-order valence-electron chi connectivity index (χ1n) is 6.40. The molecule has 118 valence electrons. The molecule has 0 aliphatic carbocycles. The van der Waals surface area contributed by atoms with Crippen molar-refractivity contribution in [3.8, 4) is 0 Å². The smallest absolute Gasteiger partial charge is 0.242 e. The van der Waals surface area contributed by atoms with Crippen molar-refractivity contribution in [3.63, 3.8) is 0 Å². The van der Waals surface area contributed by atoms with Crippen LogP contribution >= 0.6 is 11.6 Å². The largest absolute Gasteiger partial charge is 0.316 e. The van der Waals surface area contributed by atoms with Crippen molar-refractivity contribution in [1.82, 2.24) is 10.0 Å². The molecule has 21 heavy (non-hydrogen) atoms. The van der Waals surface area contributed by atoms with Crippen LogP contribution in [-0.2, 0) is 19.9 Å². The molecule has 1 saturated heterocycles. The van der Waals surface area contributed by atoms with Gasteiger partial charge in [0, 0.05) is 12.8 Å². The summed E-state index contributed by atoms with van der Waals surface area (Å²) in [5, 5.41) is 3.15. The highest BCUT2D eigenvalue weighted by Gasteiger charge is 2.23. The Labute approximate surface area is 129 Å². The highest BCUT2D eigenvalue weighted by Crippen LogP contribution is 2.25. The molecular weight excluding hydrogens is 336 g/mol. The summed E-state index contributed by atoms with van der Waals surface area (Å²) in [6.45, 7) is 1.94. The predicted octanol–water partition coefficient (Wildman–Crippen LogP) is 0.631. The highest BCUT2D eigenvalue weighted by molar-refractivity contribution is 7.91. The first-order chi connectivity index (χ1) is 9.70. The van der Waals surface area contributed by atoms with Gasteiger partial charge in [-0.05, 0) is 43.6 Å². The summed E-state index contributed by atoms with van der Waals surface area (Å²) in [7, 11) is -7.33. The topological polar surface area (TPSA) is 92.3 Å².